The van der Waals surface area contributed by atoms with E-state index in [2.05, 4.69) is 27.0 Å². The van der Waals surface area contributed by atoms with Crippen molar-refractivity contribution in [3.8, 4) is 17.4 Å². The van der Waals surface area contributed by atoms with Crippen LogP contribution in [0, 0.1) is 0 Å². The molecule has 0 aliphatic heterocycles. The summed E-state index contributed by atoms with van der Waals surface area (Å²) in [6, 6.07) is 9.62. The van der Waals surface area contributed by atoms with E-state index in [1.54, 1.807) is 24.6 Å². The van der Waals surface area contributed by atoms with Gasteiger partial charge in [-0.2, -0.15) is 0 Å². The number of benzene rings is 1. The summed E-state index contributed by atoms with van der Waals surface area (Å²) in [6.45, 7) is 0. The molecule has 0 saturated heterocycles. The van der Waals surface area contributed by atoms with Crippen LogP contribution in [0.5, 0.6) is 17.4 Å². The lowest BCUT2D eigenvalue weighted by Gasteiger charge is -2.08. The number of nitrogens with zero attached hydrogens (tertiary/aromatic N) is 1. The molecule has 19 heavy (non-hydrogen) atoms. The van der Waals surface area contributed by atoms with Crippen LogP contribution < -0.4 is 9.47 Å². The Morgan fingerprint density at radius 2 is 2.11 bits per heavy atom. The molecule has 1 aromatic carbocycles. The van der Waals surface area contributed by atoms with Crippen LogP contribution in [0.25, 0.3) is 10.1 Å². The molecule has 0 aliphatic rings. The molecule has 0 aliphatic carbocycles. The zero-order chi connectivity index (χ0) is 13.2. The van der Waals surface area contributed by atoms with Crippen molar-refractivity contribution in [2.75, 3.05) is 7.11 Å². The summed E-state index contributed by atoms with van der Waals surface area (Å²) >= 11 is 5.03. The highest BCUT2D eigenvalue weighted by atomic mass is 79.9. The van der Waals surface area contributed by atoms with Crippen LogP contribution >= 0.6 is 27.3 Å². The van der Waals surface area contributed by atoms with Crippen molar-refractivity contribution < 1.29 is 9.47 Å². The zero-order valence-corrected chi connectivity index (χ0v) is 12.5. The van der Waals surface area contributed by atoms with Crippen molar-refractivity contribution in [2.45, 2.75) is 0 Å². The SMILES string of the molecule is COc1cc(Oc2nccc3ccsc23)ccc1Br. The Morgan fingerprint density at radius 3 is 2.95 bits per heavy atom. The molecule has 3 rings (SSSR count). The molecular formula is C14H10BrNO2S. The first kappa shape index (κ1) is 12.4. The largest absolute Gasteiger partial charge is 0.495 e. The predicted molar refractivity (Wildman–Crippen MR) is 80.4 cm³/mol. The second-order valence-corrected chi connectivity index (χ2v) is 5.62. The number of thiophene rings is 1. The highest BCUT2D eigenvalue weighted by Crippen LogP contribution is 2.34. The summed E-state index contributed by atoms with van der Waals surface area (Å²) < 4.78 is 13.0. The van der Waals surface area contributed by atoms with Gasteiger partial charge in [0.05, 0.1) is 16.3 Å². The number of hydrogen-bond donors (Lipinski definition) is 0. The monoisotopic (exact) mass is 335 g/mol. The normalized spacial score (nSPS) is 10.6. The molecule has 0 bridgehead atoms. The molecule has 0 amide bonds. The van der Waals surface area contributed by atoms with Gasteiger partial charge in [-0.3, -0.25) is 0 Å². The van der Waals surface area contributed by atoms with Gasteiger partial charge < -0.3 is 9.47 Å². The molecule has 3 nitrogen and oxygen atoms in total. The number of hydrogen-bond acceptors (Lipinski definition) is 4. The van der Waals surface area contributed by atoms with Crippen molar-refractivity contribution in [3.63, 3.8) is 0 Å². The van der Waals surface area contributed by atoms with Crippen LogP contribution in [0.1, 0.15) is 0 Å². The van der Waals surface area contributed by atoms with Gasteiger partial charge in [0.15, 0.2) is 0 Å². The number of methoxy groups -OCH3 is 1. The molecule has 5 heteroatoms. The third-order valence-corrected chi connectivity index (χ3v) is 4.25. The number of aromatic nitrogens is 1. The van der Waals surface area contributed by atoms with Gasteiger partial charge >= 0.3 is 0 Å². The molecule has 3 aromatic rings. The number of fused-ring (bicyclic) bond motifs is 1. The van der Waals surface area contributed by atoms with Crippen LogP contribution in [0.4, 0.5) is 0 Å². The molecule has 96 valence electrons. The fourth-order valence-electron chi connectivity index (χ4n) is 1.76. The lowest BCUT2D eigenvalue weighted by molar-refractivity contribution is 0.405. The second kappa shape index (κ2) is 5.19. The predicted octanol–water partition coefficient (Wildman–Crippen LogP) is 4.86. The zero-order valence-electron chi connectivity index (χ0n) is 10.1. The third kappa shape index (κ3) is 2.43. The van der Waals surface area contributed by atoms with Gasteiger partial charge in [0.25, 0.3) is 0 Å². The van der Waals surface area contributed by atoms with Crippen LogP contribution in [0.3, 0.4) is 0 Å². The lowest BCUT2D eigenvalue weighted by Crippen LogP contribution is -1.90. The summed E-state index contributed by atoms with van der Waals surface area (Å²) in [5.41, 5.74) is 0. The van der Waals surface area contributed by atoms with Gasteiger partial charge in [0.2, 0.25) is 5.88 Å². The molecule has 2 heterocycles. The maximum atomic E-state index is 5.85. The maximum Gasteiger partial charge on any atom is 0.237 e. The molecular weight excluding hydrogens is 326 g/mol. The summed E-state index contributed by atoms with van der Waals surface area (Å²) in [4.78, 5) is 4.29. The number of ether oxygens (including phenoxy) is 2. The minimum atomic E-state index is 0.622. The Hall–Kier alpha value is -1.59. The van der Waals surface area contributed by atoms with Gasteiger partial charge in [-0.05, 0) is 51.0 Å². The van der Waals surface area contributed by atoms with Crippen molar-refractivity contribution in [3.05, 3.63) is 46.4 Å². The minimum absolute atomic E-state index is 0.622. The molecule has 0 atom stereocenters. The first-order valence-corrected chi connectivity index (χ1v) is 7.29. The average Bonchev–Trinajstić information content (AvgIpc) is 2.90. The molecule has 0 radical (unpaired) electrons. The fourth-order valence-corrected chi connectivity index (χ4v) is 2.98. The first-order chi connectivity index (χ1) is 9.28. The number of halogens is 1. The smallest absolute Gasteiger partial charge is 0.237 e. The van der Waals surface area contributed by atoms with Gasteiger partial charge in [0, 0.05) is 12.3 Å². The standard InChI is InChI=1S/C14H10BrNO2S/c1-17-12-8-10(2-3-11(12)15)18-14-13-9(4-6-16-14)5-7-19-13/h2-8H,1H3. The van der Waals surface area contributed by atoms with E-state index in [1.165, 1.54) is 0 Å². The van der Waals surface area contributed by atoms with Gasteiger partial charge in [0.1, 0.15) is 11.5 Å². The van der Waals surface area contributed by atoms with E-state index in [4.69, 9.17) is 9.47 Å². The summed E-state index contributed by atoms with van der Waals surface area (Å²) in [5.74, 6) is 2.06. The summed E-state index contributed by atoms with van der Waals surface area (Å²) in [6.07, 6.45) is 1.75. The van der Waals surface area contributed by atoms with Crippen LogP contribution in [-0.2, 0) is 0 Å². The first-order valence-electron chi connectivity index (χ1n) is 5.61. The minimum Gasteiger partial charge on any atom is -0.495 e. The van der Waals surface area contributed by atoms with Crippen LogP contribution in [0.15, 0.2) is 46.4 Å². The molecule has 0 fully saturated rings. The third-order valence-electron chi connectivity index (χ3n) is 2.67. The van der Waals surface area contributed by atoms with Crippen LogP contribution in [-0.4, -0.2) is 12.1 Å². The van der Waals surface area contributed by atoms with E-state index < -0.39 is 0 Å². The second-order valence-electron chi connectivity index (χ2n) is 3.85. The molecule has 0 saturated carbocycles. The van der Waals surface area contributed by atoms with E-state index in [1.807, 2.05) is 29.6 Å². The Kier molecular flexibility index (Phi) is 3.40. The van der Waals surface area contributed by atoms with Crippen molar-refractivity contribution >= 4 is 37.4 Å². The van der Waals surface area contributed by atoms with Gasteiger partial charge in [-0.25, -0.2) is 4.98 Å². The fraction of sp³-hybridized carbons (Fsp3) is 0.0714. The molecule has 2 aromatic heterocycles. The Labute approximate surface area is 122 Å². The van der Waals surface area contributed by atoms with Crippen molar-refractivity contribution in [1.29, 1.82) is 0 Å². The van der Waals surface area contributed by atoms with E-state index in [9.17, 15) is 0 Å². The highest BCUT2D eigenvalue weighted by Gasteiger charge is 2.08. The Balaban J connectivity index is 1.99. The molecule has 0 N–H and O–H groups in total. The summed E-state index contributed by atoms with van der Waals surface area (Å²) in [5, 5.41) is 3.17. The Morgan fingerprint density at radius 1 is 1.21 bits per heavy atom. The van der Waals surface area contributed by atoms with E-state index >= 15 is 0 Å². The van der Waals surface area contributed by atoms with E-state index in [0.717, 1.165) is 20.3 Å². The summed E-state index contributed by atoms with van der Waals surface area (Å²) in [7, 11) is 1.63. The Bertz CT molecular complexity index is 726. The maximum absolute atomic E-state index is 5.85. The topological polar surface area (TPSA) is 31.4 Å². The van der Waals surface area contributed by atoms with Crippen molar-refractivity contribution in [2.24, 2.45) is 0 Å². The van der Waals surface area contributed by atoms with E-state index in [-0.39, 0.29) is 0 Å². The van der Waals surface area contributed by atoms with Gasteiger partial charge in [-0.1, -0.05) is 0 Å². The van der Waals surface area contributed by atoms with E-state index in [0.29, 0.717) is 11.6 Å². The molecule has 0 spiro atoms. The quantitative estimate of drug-likeness (QED) is 0.684. The highest BCUT2D eigenvalue weighted by molar-refractivity contribution is 9.10. The van der Waals surface area contributed by atoms with Gasteiger partial charge in [-0.15, -0.1) is 11.3 Å². The lowest BCUT2D eigenvalue weighted by atomic mass is 10.3. The number of pyridine rings is 1. The average molecular weight is 336 g/mol. The van der Waals surface area contributed by atoms with Crippen LogP contribution in [0.2, 0.25) is 0 Å². The number of rotatable bonds is 3. The molecule has 0 unspecified atom stereocenters. The van der Waals surface area contributed by atoms with Crippen molar-refractivity contribution in [1.82, 2.24) is 4.98 Å².